The number of amides is 1. The average molecular weight is 318 g/mol. The summed E-state index contributed by atoms with van der Waals surface area (Å²) < 4.78 is 24.4. The Hall–Kier alpha value is -1.45. The van der Waals surface area contributed by atoms with Crippen LogP contribution in [0.2, 0.25) is 0 Å². The monoisotopic (exact) mass is 318 g/mol. The minimum absolute atomic E-state index is 0.0947. The lowest BCUT2D eigenvalue weighted by molar-refractivity contribution is 0.0702. The van der Waals surface area contributed by atoms with E-state index in [-0.39, 0.29) is 29.6 Å². The first-order valence-corrected chi connectivity index (χ1v) is 8.42. The van der Waals surface area contributed by atoms with Gasteiger partial charge in [0.2, 0.25) is 10.0 Å². The highest BCUT2D eigenvalue weighted by Gasteiger charge is 2.27. The van der Waals surface area contributed by atoms with Crippen molar-refractivity contribution in [2.24, 2.45) is 0 Å². The number of sulfonamides is 1. The van der Waals surface area contributed by atoms with E-state index in [1.54, 1.807) is 0 Å². The van der Waals surface area contributed by atoms with Gasteiger partial charge in [0.05, 0.1) is 10.6 Å². The molecule has 0 aliphatic carbocycles. The molecule has 0 atom stereocenters. The average Bonchev–Trinajstić information content (AvgIpc) is 2.96. The van der Waals surface area contributed by atoms with E-state index in [0.29, 0.717) is 17.8 Å². The summed E-state index contributed by atoms with van der Waals surface area (Å²) in [6.45, 7) is 0.934. The van der Waals surface area contributed by atoms with E-state index in [4.69, 9.17) is 5.11 Å². The number of carboxylic acid groups (broad SMARTS) is 1. The Morgan fingerprint density at radius 2 is 2.05 bits per heavy atom. The number of hydrogen-bond acceptors (Lipinski definition) is 5. The summed E-state index contributed by atoms with van der Waals surface area (Å²) in [5.74, 6) is -1.30. The fraction of sp³-hybridized carbons (Fsp3) is 0.455. The van der Waals surface area contributed by atoms with Crippen LogP contribution >= 0.6 is 11.3 Å². The summed E-state index contributed by atoms with van der Waals surface area (Å²) in [7, 11) is -3.15. The van der Waals surface area contributed by atoms with Crippen LogP contribution in [0.15, 0.2) is 12.1 Å². The molecular formula is C11H14N2O5S2. The molecule has 1 amide bonds. The van der Waals surface area contributed by atoms with Crippen molar-refractivity contribution in [2.45, 2.75) is 6.42 Å². The molecule has 1 saturated heterocycles. The first kappa shape index (κ1) is 14.9. The SMILES string of the molecule is O=C(O)c1ccc(C(=O)NCCN2CCCS2(=O)=O)s1. The second-order valence-electron chi connectivity index (χ2n) is 4.29. The lowest BCUT2D eigenvalue weighted by atomic mass is 10.4. The Kier molecular flexibility index (Phi) is 4.41. The fourth-order valence-corrected chi connectivity index (χ4v) is 4.19. The van der Waals surface area contributed by atoms with Crippen LogP contribution in [0.5, 0.6) is 0 Å². The minimum atomic E-state index is -3.15. The fourth-order valence-electron chi connectivity index (χ4n) is 1.90. The van der Waals surface area contributed by atoms with Gasteiger partial charge in [-0.3, -0.25) is 4.79 Å². The van der Waals surface area contributed by atoms with Gasteiger partial charge in [0.1, 0.15) is 4.88 Å². The molecule has 0 radical (unpaired) electrons. The predicted octanol–water partition coefficient (Wildman–Crippen LogP) is 0.212. The van der Waals surface area contributed by atoms with Gasteiger partial charge in [0, 0.05) is 19.6 Å². The molecule has 1 aliphatic rings. The maximum Gasteiger partial charge on any atom is 0.345 e. The summed E-state index contributed by atoms with van der Waals surface area (Å²) in [4.78, 5) is 22.8. The van der Waals surface area contributed by atoms with Crippen molar-refractivity contribution in [1.29, 1.82) is 0 Å². The Morgan fingerprint density at radius 3 is 2.60 bits per heavy atom. The molecule has 110 valence electrons. The number of aromatic carboxylic acids is 1. The molecule has 0 bridgehead atoms. The van der Waals surface area contributed by atoms with E-state index in [1.807, 2.05) is 0 Å². The van der Waals surface area contributed by atoms with Gasteiger partial charge in [0.15, 0.2) is 0 Å². The first-order valence-electron chi connectivity index (χ1n) is 5.99. The van der Waals surface area contributed by atoms with Crippen LogP contribution in [0.3, 0.4) is 0 Å². The van der Waals surface area contributed by atoms with Gasteiger partial charge in [-0.25, -0.2) is 17.5 Å². The van der Waals surface area contributed by atoms with Crippen LogP contribution in [0, 0.1) is 0 Å². The highest BCUT2D eigenvalue weighted by Crippen LogP contribution is 2.16. The molecule has 0 spiro atoms. The van der Waals surface area contributed by atoms with Crippen molar-refractivity contribution in [3.63, 3.8) is 0 Å². The zero-order chi connectivity index (χ0) is 14.8. The maximum atomic E-state index is 11.8. The molecule has 1 aromatic rings. The highest BCUT2D eigenvalue weighted by molar-refractivity contribution is 7.89. The van der Waals surface area contributed by atoms with Crippen molar-refractivity contribution in [3.05, 3.63) is 21.9 Å². The van der Waals surface area contributed by atoms with Crippen molar-refractivity contribution in [3.8, 4) is 0 Å². The van der Waals surface area contributed by atoms with Gasteiger partial charge in [-0.05, 0) is 18.6 Å². The van der Waals surface area contributed by atoms with Crippen LogP contribution in [0.1, 0.15) is 25.8 Å². The molecule has 2 N–H and O–H groups in total. The van der Waals surface area contributed by atoms with E-state index >= 15 is 0 Å². The molecule has 9 heteroatoms. The number of thiophene rings is 1. The molecule has 1 aromatic heterocycles. The van der Waals surface area contributed by atoms with Gasteiger partial charge in [-0.15, -0.1) is 11.3 Å². The quantitative estimate of drug-likeness (QED) is 0.808. The van der Waals surface area contributed by atoms with E-state index in [2.05, 4.69) is 5.32 Å². The van der Waals surface area contributed by atoms with Gasteiger partial charge in [0.25, 0.3) is 5.91 Å². The van der Waals surface area contributed by atoms with Gasteiger partial charge in [-0.1, -0.05) is 0 Å². The number of carboxylic acids is 1. The third kappa shape index (κ3) is 3.35. The topological polar surface area (TPSA) is 104 Å². The molecule has 7 nitrogen and oxygen atoms in total. The molecule has 1 aliphatic heterocycles. The van der Waals surface area contributed by atoms with E-state index < -0.39 is 16.0 Å². The standard InChI is InChI=1S/C11H14N2O5S2/c14-10(8-2-3-9(19-8)11(15)16)12-4-6-13-5-1-7-20(13,17)18/h2-3H,1,4-7H2,(H,12,14)(H,15,16). The molecule has 1 fully saturated rings. The van der Waals surface area contributed by atoms with Crippen LogP contribution in [-0.2, 0) is 10.0 Å². The molecule has 20 heavy (non-hydrogen) atoms. The Morgan fingerprint density at radius 1 is 1.35 bits per heavy atom. The van der Waals surface area contributed by atoms with Crippen LogP contribution in [0.4, 0.5) is 0 Å². The highest BCUT2D eigenvalue weighted by atomic mass is 32.2. The van der Waals surface area contributed by atoms with Crippen LogP contribution in [-0.4, -0.2) is 55.1 Å². The van der Waals surface area contributed by atoms with Crippen LogP contribution < -0.4 is 5.32 Å². The van der Waals surface area contributed by atoms with Crippen molar-refractivity contribution in [2.75, 3.05) is 25.4 Å². The second-order valence-corrected chi connectivity index (χ2v) is 7.47. The number of hydrogen-bond donors (Lipinski definition) is 2. The third-order valence-electron chi connectivity index (χ3n) is 2.89. The number of nitrogens with zero attached hydrogens (tertiary/aromatic N) is 1. The normalized spacial score (nSPS) is 18.0. The van der Waals surface area contributed by atoms with Crippen molar-refractivity contribution >= 4 is 33.2 Å². The molecular weight excluding hydrogens is 304 g/mol. The Balaban J connectivity index is 1.84. The smallest absolute Gasteiger partial charge is 0.345 e. The molecule has 2 heterocycles. The van der Waals surface area contributed by atoms with Crippen molar-refractivity contribution < 1.29 is 23.1 Å². The molecule has 0 aromatic carbocycles. The molecule has 0 saturated carbocycles. The van der Waals surface area contributed by atoms with E-state index in [0.717, 1.165) is 11.3 Å². The van der Waals surface area contributed by atoms with E-state index in [9.17, 15) is 18.0 Å². The van der Waals surface area contributed by atoms with Gasteiger partial charge in [-0.2, -0.15) is 0 Å². The number of nitrogens with one attached hydrogen (secondary N) is 1. The Labute approximate surface area is 120 Å². The Bertz CT molecular complexity index is 623. The predicted molar refractivity (Wildman–Crippen MR) is 73.6 cm³/mol. The molecule has 0 unspecified atom stereocenters. The largest absolute Gasteiger partial charge is 0.477 e. The van der Waals surface area contributed by atoms with Gasteiger partial charge >= 0.3 is 5.97 Å². The summed E-state index contributed by atoms with van der Waals surface area (Å²) in [6.07, 6.45) is 0.614. The summed E-state index contributed by atoms with van der Waals surface area (Å²) >= 11 is 0.888. The molecule has 2 rings (SSSR count). The zero-order valence-corrected chi connectivity index (χ0v) is 12.2. The number of carbonyl (C=O) groups excluding carboxylic acids is 1. The number of carbonyl (C=O) groups is 2. The second kappa shape index (κ2) is 5.90. The van der Waals surface area contributed by atoms with Crippen molar-refractivity contribution in [1.82, 2.24) is 9.62 Å². The summed E-state index contributed by atoms with van der Waals surface area (Å²) in [6, 6.07) is 2.81. The zero-order valence-electron chi connectivity index (χ0n) is 10.5. The number of rotatable bonds is 5. The lowest BCUT2D eigenvalue weighted by Crippen LogP contribution is -2.35. The summed E-state index contributed by atoms with van der Waals surface area (Å²) in [5, 5.41) is 11.4. The van der Waals surface area contributed by atoms with E-state index in [1.165, 1.54) is 16.4 Å². The summed E-state index contributed by atoms with van der Waals surface area (Å²) in [5.41, 5.74) is 0. The van der Waals surface area contributed by atoms with Gasteiger partial charge < -0.3 is 10.4 Å². The maximum absolute atomic E-state index is 11.8. The lowest BCUT2D eigenvalue weighted by Gasteiger charge is -2.14. The first-order chi connectivity index (χ1) is 9.40. The van der Waals surface area contributed by atoms with Crippen LogP contribution in [0.25, 0.3) is 0 Å². The third-order valence-corrected chi connectivity index (χ3v) is 5.92. The minimum Gasteiger partial charge on any atom is -0.477 e.